The third-order valence-electron chi connectivity index (χ3n) is 1.20. The zero-order valence-electron chi connectivity index (χ0n) is 8.99. The number of carbonyl (C=O) groups is 2. The second-order valence-corrected chi connectivity index (χ2v) is 2.60. The third kappa shape index (κ3) is 8.86. The van der Waals surface area contributed by atoms with Gasteiger partial charge < -0.3 is 18.9 Å². The largest absolute Gasteiger partial charge is 0.511 e. The SMILES string of the molecule is CCCOC(=O)OCOC(=O)OCCC. The van der Waals surface area contributed by atoms with E-state index in [2.05, 4.69) is 18.9 Å². The Labute approximate surface area is 88.4 Å². The number of ether oxygens (including phenoxy) is 4. The summed E-state index contributed by atoms with van der Waals surface area (Å²) in [7, 11) is 0. The van der Waals surface area contributed by atoms with Crippen molar-refractivity contribution in [3.05, 3.63) is 0 Å². The predicted molar refractivity (Wildman–Crippen MR) is 50.3 cm³/mol. The summed E-state index contributed by atoms with van der Waals surface area (Å²) < 4.78 is 17.9. The van der Waals surface area contributed by atoms with Crippen LogP contribution in [0.25, 0.3) is 0 Å². The standard InChI is InChI=1S/C9H16O6/c1-3-5-12-8(10)14-7-15-9(11)13-6-4-2/h3-7H2,1-2H3. The van der Waals surface area contributed by atoms with Crippen molar-refractivity contribution in [1.82, 2.24) is 0 Å². The van der Waals surface area contributed by atoms with E-state index < -0.39 is 19.1 Å². The van der Waals surface area contributed by atoms with Crippen LogP contribution in [0.5, 0.6) is 0 Å². The zero-order valence-corrected chi connectivity index (χ0v) is 8.99. The van der Waals surface area contributed by atoms with Crippen LogP contribution in [0.3, 0.4) is 0 Å². The van der Waals surface area contributed by atoms with Gasteiger partial charge in [0.2, 0.25) is 6.79 Å². The molecule has 0 aliphatic carbocycles. The van der Waals surface area contributed by atoms with Crippen LogP contribution in [0.15, 0.2) is 0 Å². The van der Waals surface area contributed by atoms with E-state index >= 15 is 0 Å². The number of hydrogen-bond donors (Lipinski definition) is 0. The first kappa shape index (κ1) is 13.5. The molecule has 0 aromatic rings. The molecule has 0 fully saturated rings. The fraction of sp³-hybridized carbons (Fsp3) is 0.778. The molecule has 0 heterocycles. The molecule has 0 spiro atoms. The van der Waals surface area contributed by atoms with Crippen molar-refractivity contribution in [2.45, 2.75) is 26.7 Å². The molecule has 0 amide bonds. The van der Waals surface area contributed by atoms with Crippen LogP contribution in [-0.2, 0) is 18.9 Å². The lowest BCUT2D eigenvalue weighted by molar-refractivity contribution is -0.0381. The summed E-state index contributed by atoms with van der Waals surface area (Å²) >= 11 is 0. The third-order valence-corrected chi connectivity index (χ3v) is 1.20. The highest BCUT2D eigenvalue weighted by molar-refractivity contribution is 5.61. The minimum absolute atomic E-state index is 0.277. The number of hydrogen-bond acceptors (Lipinski definition) is 6. The van der Waals surface area contributed by atoms with Gasteiger partial charge >= 0.3 is 12.3 Å². The molecule has 0 aromatic carbocycles. The van der Waals surface area contributed by atoms with Gasteiger partial charge in [0.25, 0.3) is 0 Å². The summed E-state index contributed by atoms with van der Waals surface area (Å²) in [6, 6.07) is 0. The highest BCUT2D eigenvalue weighted by Gasteiger charge is 2.06. The summed E-state index contributed by atoms with van der Waals surface area (Å²) in [6.45, 7) is 3.76. The second kappa shape index (κ2) is 9.11. The van der Waals surface area contributed by atoms with E-state index in [-0.39, 0.29) is 13.2 Å². The molecule has 6 heteroatoms. The summed E-state index contributed by atoms with van der Waals surface area (Å²) in [6.07, 6.45) is -0.316. The molecule has 0 aromatic heterocycles. The van der Waals surface area contributed by atoms with Crippen molar-refractivity contribution in [3.63, 3.8) is 0 Å². The second-order valence-electron chi connectivity index (χ2n) is 2.60. The Morgan fingerprint density at radius 3 is 1.53 bits per heavy atom. The van der Waals surface area contributed by atoms with Crippen molar-refractivity contribution in [2.24, 2.45) is 0 Å². The first-order chi connectivity index (χ1) is 7.20. The van der Waals surface area contributed by atoms with Gasteiger partial charge in [0.1, 0.15) is 0 Å². The van der Waals surface area contributed by atoms with Gasteiger partial charge in [-0.2, -0.15) is 0 Å². The van der Waals surface area contributed by atoms with Crippen LogP contribution >= 0.6 is 0 Å². The van der Waals surface area contributed by atoms with Crippen LogP contribution in [0, 0.1) is 0 Å². The molecular formula is C9H16O6. The predicted octanol–water partition coefficient (Wildman–Crippen LogP) is 2.07. The van der Waals surface area contributed by atoms with Gasteiger partial charge in [0.15, 0.2) is 0 Å². The Balaban J connectivity index is 3.36. The molecule has 0 aliphatic heterocycles. The van der Waals surface area contributed by atoms with Gasteiger partial charge in [-0.1, -0.05) is 13.8 Å². The molecule has 6 nitrogen and oxygen atoms in total. The van der Waals surface area contributed by atoms with Crippen molar-refractivity contribution >= 4 is 12.3 Å². The molecule has 0 saturated heterocycles. The quantitative estimate of drug-likeness (QED) is 0.504. The molecule has 15 heavy (non-hydrogen) atoms. The van der Waals surface area contributed by atoms with Crippen molar-refractivity contribution in [1.29, 1.82) is 0 Å². The zero-order chi connectivity index (χ0) is 11.5. The summed E-state index contributed by atoms with van der Waals surface area (Å²) in [4.78, 5) is 21.4. The lowest BCUT2D eigenvalue weighted by atomic mass is 10.5. The molecule has 0 unspecified atom stereocenters. The maximum atomic E-state index is 10.7. The van der Waals surface area contributed by atoms with Crippen molar-refractivity contribution in [2.75, 3.05) is 20.0 Å². The molecule has 0 rings (SSSR count). The highest BCUT2D eigenvalue weighted by atomic mass is 16.8. The van der Waals surface area contributed by atoms with Crippen LogP contribution in [-0.4, -0.2) is 32.3 Å². The molecule has 0 aliphatic rings. The van der Waals surface area contributed by atoms with Crippen LogP contribution in [0.4, 0.5) is 9.59 Å². The Bertz CT molecular complexity index is 171. The van der Waals surface area contributed by atoms with Gasteiger partial charge in [0.05, 0.1) is 13.2 Å². The van der Waals surface area contributed by atoms with Crippen molar-refractivity contribution < 1.29 is 28.5 Å². The first-order valence-electron chi connectivity index (χ1n) is 4.79. The van der Waals surface area contributed by atoms with E-state index in [1.807, 2.05) is 13.8 Å². The van der Waals surface area contributed by atoms with Gasteiger partial charge in [0, 0.05) is 0 Å². The van der Waals surface area contributed by atoms with Gasteiger partial charge in [-0.25, -0.2) is 9.59 Å². The van der Waals surface area contributed by atoms with Crippen LogP contribution < -0.4 is 0 Å². The smallest absolute Gasteiger partial charge is 0.434 e. The fourth-order valence-corrected chi connectivity index (χ4v) is 0.580. The minimum atomic E-state index is -0.861. The fourth-order valence-electron chi connectivity index (χ4n) is 0.580. The van der Waals surface area contributed by atoms with Crippen LogP contribution in [0.2, 0.25) is 0 Å². The maximum absolute atomic E-state index is 10.7. The minimum Gasteiger partial charge on any atom is -0.434 e. The average molecular weight is 220 g/mol. The molecule has 0 saturated carbocycles. The maximum Gasteiger partial charge on any atom is 0.511 e. The van der Waals surface area contributed by atoms with E-state index in [0.29, 0.717) is 12.8 Å². The Morgan fingerprint density at radius 2 is 1.20 bits per heavy atom. The molecule has 0 N–H and O–H groups in total. The van der Waals surface area contributed by atoms with Crippen LogP contribution in [0.1, 0.15) is 26.7 Å². The molecule has 0 radical (unpaired) electrons. The highest BCUT2D eigenvalue weighted by Crippen LogP contribution is 1.91. The molecular weight excluding hydrogens is 204 g/mol. The topological polar surface area (TPSA) is 71.1 Å². The molecule has 88 valence electrons. The monoisotopic (exact) mass is 220 g/mol. The summed E-state index contributed by atoms with van der Waals surface area (Å²) in [5.41, 5.74) is 0. The van der Waals surface area contributed by atoms with Crippen molar-refractivity contribution in [3.8, 4) is 0 Å². The summed E-state index contributed by atoms with van der Waals surface area (Å²) in [5.74, 6) is 0. The lowest BCUT2D eigenvalue weighted by Crippen LogP contribution is -2.15. The Hall–Kier alpha value is -1.46. The summed E-state index contributed by atoms with van der Waals surface area (Å²) in [5, 5.41) is 0. The van der Waals surface area contributed by atoms with E-state index in [0.717, 1.165) is 0 Å². The number of rotatable bonds is 6. The number of carbonyl (C=O) groups excluding carboxylic acids is 2. The first-order valence-corrected chi connectivity index (χ1v) is 4.79. The van der Waals surface area contributed by atoms with E-state index in [9.17, 15) is 9.59 Å². The Morgan fingerprint density at radius 1 is 0.800 bits per heavy atom. The van der Waals surface area contributed by atoms with E-state index in [4.69, 9.17) is 0 Å². The molecule has 0 atom stereocenters. The van der Waals surface area contributed by atoms with Gasteiger partial charge in [-0.3, -0.25) is 0 Å². The lowest BCUT2D eigenvalue weighted by Gasteiger charge is -2.06. The van der Waals surface area contributed by atoms with Gasteiger partial charge in [-0.05, 0) is 12.8 Å². The normalized spacial score (nSPS) is 9.20. The van der Waals surface area contributed by atoms with E-state index in [1.165, 1.54) is 0 Å². The molecule has 0 bridgehead atoms. The van der Waals surface area contributed by atoms with E-state index in [1.54, 1.807) is 0 Å². The Kier molecular flexibility index (Phi) is 8.22. The average Bonchev–Trinajstić information content (AvgIpc) is 2.23. The van der Waals surface area contributed by atoms with Gasteiger partial charge in [-0.15, -0.1) is 0 Å².